The molecular weight excluding hydrogens is 246 g/mol. The minimum Gasteiger partial charge on any atom is -0.270 e. The van der Waals surface area contributed by atoms with Crippen LogP contribution in [0, 0.1) is 0 Å². The van der Waals surface area contributed by atoms with Crippen LogP contribution in [0.25, 0.3) is 0 Å². The first-order valence-electron chi connectivity index (χ1n) is 6.39. The summed E-state index contributed by atoms with van der Waals surface area (Å²) in [6.07, 6.45) is 0.818. The fourth-order valence-electron chi connectivity index (χ4n) is 2.28. The van der Waals surface area contributed by atoms with Crippen molar-refractivity contribution in [3.05, 3.63) is 29.3 Å². The Labute approximate surface area is 110 Å². The van der Waals surface area contributed by atoms with E-state index in [1.54, 1.807) is 11.2 Å². The summed E-state index contributed by atoms with van der Waals surface area (Å²) in [6, 6.07) is 6.15. The maximum atomic E-state index is 12.0. The first-order chi connectivity index (χ1) is 8.25. The molecule has 1 aliphatic rings. The van der Waals surface area contributed by atoms with Gasteiger partial charge < -0.3 is 0 Å². The molecule has 0 bridgehead atoms. The van der Waals surface area contributed by atoms with Gasteiger partial charge in [0.1, 0.15) is 0 Å². The second kappa shape index (κ2) is 4.26. The summed E-state index contributed by atoms with van der Waals surface area (Å²) >= 11 is 0. The molecule has 0 radical (unpaired) electrons. The van der Waals surface area contributed by atoms with Crippen molar-refractivity contribution >= 4 is 15.7 Å². The Bertz CT molecular complexity index is 556. The van der Waals surface area contributed by atoms with Gasteiger partial charge in [0.2, 0.25) is 10.0 Å². The Balaban J connectivity index is 2.43. The number of nitrogens with zero attached hydrogens (tertiary/aromatic N) is 1. The van der Waals surface area contributed by atoms with E-state index in [-0.39, 0.29) is 11.2 Å². The normalized spacial score (nSPS) is 15.9. The largest absolute Gasteiger partial charge is 0.270 e. The van der Waals surface area contributed by atoms with Crippen LogP contribution in [0.2, 0.25) is 0 Å². The van der Waals surface area contributed by atoms with Gasteiger partial charge in [-0.05, 0) is 36.0 Å². The predicted molar refractivity (Wildman–Crippen MR) is 75.7 cm³/mol. The van der Waals surface area contributed by atoms with Gasteiger partial charge in [0, 0.05) is 6.54 Å². The molecule has 1 aliphatic heterocycles. The Morgan fingerprint density at radius 2 is 1.94 bits per heavy atom. The van der Waals surface area contributed by atoms with Crippen molar-refractivity contribution < 1.29 is 8.42 Å². The molecule has 0 aromatic heterocycles. The summed E-state index contributed by atoms with van der Waals surface area (Å²) in [6.45, 7) is 8.79. The topological polar surface area (TPSA) is 37.4 Å². The summed E-state index contributed by atoms with van der Waals surface area (Å²) in [4.78, 5) is 0. The summed E-state index contributed by atoms with van der Waals surface area (Å²) in [5.41, 5.74) is 3.38. The van der Waals surface area contributed by atoms with E-state index < -0.39 is 10.0 Å². The van der Waals surface area contributed by atoms with Crippen LogP contribution in [0.3, 0.4) is 0 Å². The lowest BCUT2D eigenvalue weighted by atomic mass is 9.86. The van der Waals surface area contributed by atoms with Gasteiger partial charge in [0.15, 0.2) is 0 Å². The SMILES string of the molecule is CCS(=O)(=O)N1CCc2cc(C(C)(C)C)ccc21. The zero-order chi connectivity index (χ0) is 13.6. The lowest BCUT2D eigenvalue weighted by molar-refractivity contribution is 0.590. The van der Waals surface area contributed by atoms with Crippen molar-refractivity contribution in [2.24, 2.45) is 0 Å². The molecule has 0 fully saturated rings. The highest BCUT2D eigenvalue weighted by Gasteiger charge is 2.29. The molecule has 0 saturated carbocycles. The second-order valence-corrected chi connectivity index (χ2v) is 8.00. The number of fused-ring (bicyclic) bond motifs is 1. The Kier molecular flexibility index (Phi) is 3.18. The molecule has 100 valence electrons. The molecule has 0 amide bonds. The van der Waals surface area contributed by atoms with E-state index in [4.69, 9.17) is 0 Å². The van der Waals surface area contributed by atoms with Crippen LogP contribution in [0.5, 0.6) is 0 Å². The Hall–Kier alpha value is -1.03. The lowest BCUT2D eigenvalue weighted by Crippen LogP contribution is -2.30. The summed E-state index contributed by atoms with van der Waals surface area (Å²) in [5, 5.41) is 0. The Morgan fingerprint density at radius 1 is 1.28 bits per heavy atom. The number of anilines is 1. The van der Waals surface area contributed by atoms with Crippen molar-refractivity contribution in [2.75, 3.05) is 16.6 Å². The van der Waals surface area contributed by atoms with E-state index in [1.165, 1.54) is 5.56 Å². The molecule has 0 atom stereocenters. The maximum Gasteiger partial charge on any atom is 0.234 e. The second-order valence-electron chi connectivity index (χ2n) is 5.82. The van der Waals surface area contributed by atoms with Crippen molar-refractivity contribution in [2.45, 2.75) is 39.5 Å². The van der Waals surface area contributed by atoms with E-state index >= 15 is 0 Å². The van der Waals surface area contributed by atoms with Crippen molar-refractivity contribution in [1.29, 1.82) is 0 Å². The molecule has 2 rings (SSSR count). The third-order valence-corrected chi connectivity index (χ3v) is 5.28. The van der Waals surface area contributed by atoms with E-state index in [0.717, 1.165) is 17.7 Å². The molecule has 0 saturated heterocycles. The van der Waals surface area contributed by atoms with E-state index in [2.05, 4.69) is 26.8 Å². The molecule has 3 nitrogen and oxygen atoms in total. The molecule has 1 heterocycles. The van der Waals surface area contributed by atoms with Crippen molar-refractivity contribution in [1.82, 2.24) is 0 Å². The molecule has 1 aromatic rings. The number of sulfonamides is 1. The molecule has 18 heavy (non-hydrogen) atoms. The van der Waals surface area contributed by atoms with E-state index in [9.17, 15) is 8.42 Å². The fourth-order valence-corrected chi connectivity index (χ4v) is 3.44. The van der Waals surface area contributed by atoms with Crippen LogP contribution in [0.15, 0.2) is 18.2 Å². The highest BCUT2D eigenvalue weighted by molar-refractivity contribution is 7.92. The smallest absolute Gasteiger partial charge is 0.234 e. The minimum absolute atomic E-state index is 0.103. The molecule has 0 N–H and O–H groups in total. The van der Waals surface area contributed by atoms with Gasteiger partial charge in [-0.1, -0.05) is 32.9 Å². The minimum atomic E-state index is -3.13. The van der Waals surface area contributed by atoms with Crippen LogP contribution >= 0.6 is 0 Å². The molecule has 0 unspecified atom stereocenters. The van der Waals surface area contributed by atoms with Gasteiger partial charge in [0.25, 0.3) is 0 Å². The van der Waals surface area contributed by atoms with Crippen LogP contribution < -0.4 is 4.31 Å². The zero-order valence-corrected chi connectivity index (χ0v) is 12.3. The Morgan fingerprint density at radius 3 is 2.50 bits per heavy atom. The number of hydrogen-bond donors (Lipinski definition) is 0. The number of hydrogen-bond acceptors (Lipinski definition) is 2. The van der Waals surface area contributed by atoms with Gasteiger partial charge >= 0.3 is 0 Å². The lowest BCUT2D eigenvalue weighted by Gasteiger charge is -2.22. The van der Waals surface area contributed by atoms with Crippen LogP contribution in [0.1, 0.15) is 38.8 Å². The first kappa shape index (κ1) is 13.4. The standard InChI is InChI=1S/C14H21NO2S/c1-5-18(16,17)15-9-8-11-10-12(14(2,3)4)6-7-13(11)15/h6-7,10H,5,8-9H2,1-4H3. The van der Waals surface area contributed by atoms with Gasteiger partial charge in [-0.3, -0.25) is 4.31 Å². The third kappa shape index (κ3) is 2.26. The van der Waals surface area contributed by atoms with Crippen molar-refractivity contribution in [3.63, 3.8) is 0 Å². The van der Waals surface area contributed by atoms with Crippen molar-refractivity contribution in [3.8, 4) is 0 Å². The maximum absolute atomic E-state index is 12.0. The van der Waals surface area contributed by atoms with E-state index in [1.807, 2.05) is 12.1 Å². The van der Waals surface area contributed by atoms with Gasteiger partial charge in [-0.2, -0.15) is 0 Å². The van der Waals surface area contributed by atoms with Crippen LogP contribution in [0.4, 0.5) is 5.69 Å². The third-order valence-electron chi connectivity index (χ3n) is 3.50. The molecule has 4 heteroatoms. The van der Waals surface area contributed by atoms with Gasteiger partial charge in [-0.15, -0.1) is 0 Å². The zero-order valence-electron chi connectivity index (χ0n) is 11.5. The molecule has 1 aromatic carbocycles. The number of rotatable bonds is 2. The molecule has 0 spiro atoms. The average Bonchev–Trinajstić information content (AvgIpc) is 2.71. The summed E-state index contributed by atoms with van der Waals surface area (Å²) < 4.78 is 25.5. The number of benzene rings is 1. The quantitative estimate of drug-likeness (QED) is 0.826. The summed E-state index contributed by atoms with van der Waals surface area (Å²) in [7, 11) is -3.13. The average molecular weight is 267 g/mol. The molecular formula is C14H21NO2S. The van der Waals surface area contributed by atoms with Gasteiger partial charge in [-0.25, -0.2) is 8.42 Å². The first-order valence-corrected chi connectivity index (χ1v) is 8.00. The summed E-state index contributed by atoms with van der Waals surface area (Å²) in [5.74, 6) is 0.160. The monoisotopic (exact) mass is 267 g/mol. The van der Waals surface area contributed by atoms with Gasteiger partial charge in [0.05, 0.1) is 11.4 Å². The molecule has 0 aliphatic carbocycles. The van der Waals surface area contributed by atoms with Crippen LogP contribution in [-0.4, -0.2) is 20.7 Å². The highest BCUT2D eigenvalue weighted by atomic mass is 32.2. The fraction of sp³-hybridized carbons (Fsp3) is 0.571. The predicted octanol–water partition coefficient (Wildman–Crippen LogP) is 2.70. The van der Waals surface area contributed by atoms with E-state index in [0.29, 0.717) is 6.54 Å². The van der Waals surface area contributed by atoms with Crippen LogP contribution in [-0.2, 0) is 21.9 Å². The highest BCUT2D eigenvalue weighted by Crippen LogP contribution is 2.34.